The number of aliphatic hydroxyl groups is 2. The standard InChI is InChI=1S/C54H81N3O11/c1-12-14-16-18-20-22-28-57(29-23-21-19-17-15-13-2)55-32-40-31-41-43-48(61)38(8)51-44(41)52(63)54(10,68-51)66-30-27-42(65-11)35(5)50(67-39(9)58)37(7)47(60)36(6)46(59)33(3)25-24-26-34(4)53(64)56-45(40)49(43)62/h24-27,30-33,35-37,42,46-47,50,59-62H,12-23,28-29H2,1-11H3,(H,56,64)/b25-24+,30-27+,34-26-,55-32+. The summed E-state index contributed by atoms with van der Waals surface area (Å²) in [6, 6.07) is 1.62. The summed E-state index contributed by atoms with van der Waals surface area (Å²) in [6.07, 6.45) is 19.1. The third-order valence-electron chi connectivity index (χ3n) is 13.8. The van der Waals surface area contributed by atoms with Crippen molar-refractivity contribution in [1.82, 2.24) is 5.01 Å². The molecule has 3 aliphatic rings. The number of hydrogen-bond acceptors (Lipinski definition) is 13. The van der Waals surface area contributed by atoms with E-state index in [1.807, 2.05) is 5.01 Å². The Morgan fingerprint density at radius 2 is 1.47 bits per heavy atom. The Bertz CT molecular complexity index is 2130. The molecule has 5 rings (SSSR count). The summed E-state index contributed by atoms with van der Waals surface area (Å²) in [5.74, 6) is -6.74. The molecule has 5 bridgehead atoms. The first-order valence-corrected chi connectivity index (χ1v) is 25.0. The van der Waals surface area contributed by atoms with Gasteiger partial charge in [0.2, 0.25) is 0 Å². The summed E-state index contributed by atoms with van der Waals surface area (Å²) in [7, 11) is 1.47. The summed E-state index contributed by atoms with van der Waals surface area (Å²) < 4.78 is 24.0. The van der Waals surface area contributed by atoms with Crippen LogP contribution in [-0.4, -0.2) is 99.7 Å². The summed E-state index contributed by atoms with van der Waals surface area (Å²) in [5, 5.41) is 57.0. The predicted octanol–water partition coefficient (Wildman–Crippen LogP) is 10.4. The zero-order chi connectivity index (χ0) is 50.3. The molecule has 0 radical (unpaired) electrons. The molecule has 0 aromatic heterocycles. The second-order valence-corrected chi connectivity index (χ2v) is 19.2. The van der Waals surface area contributed by atoms with Crippen molar-refractivity contribution in [3.05, 3.63) is 58.9 Å². The largest absolute Gasteiger partial charge is 0.507 e. The highest BCUT2D eigenvalue weighted by atomic mass is 16.7. The number of carbonyl (C=O) groups is 3. The van der Waals surface area contributed by atoms with E-state index in [2.05, 4.69) is 19.2 Å². The summed E-state index contributed by atoms with van der Waals surface area (Å²) in [5.41, 5.74) is 0.793. The van der Waals surface area contributed by atoms with Gasteiger partial charge < -0.3 is 44.7 Å². The molecule has 68 heavy (non-hydrogen) atoms. The van der Waals surface area contributed by atoms with Crippen LogP contribution in [0.25, 0.3) is 10.8 Å². The number of ketones is 1. The number of phenolic OH excluding ortho intramolecular Hbond substituents is 2. The monoisotopic (exact) mass is 948 g/mol. The highest BCUT2D eigenvalue weighted by Crippen LogP contribution is 2.51. The molecule has 3 aliphatic heterocycles. The molecule has 0 fully saturated rings. The number of aliphatic hydroxyl groups excluding tert-OH is 2. The Labute approximate surface area is 404 Å². The number of fused-ring (bicyclic) bond motifs is 14. The van der Waals surface area contributed by atoms with Gasteiger partial charge in [0.25, 0.3) is 11.7 Å². The van der Waals surface area contributed by atoms with Crippen LogP contribution in [0.1, 0.15) is 161 Å². The quantitative estimate of drug-likeness (QED) is 0.0312. The first kappa shape index (κ1) is 55.7. The van der Waals surface area contributed by atoms with Crippen molar-refractivity contribution < 1.29 is 53.8 Å². The molecule has 14 heteroatoms. The van der Waals surface area contributed by atoms with E-state index in [4.69, 9.17) is 24.0 Å². The lowest BCUT2D eigenvalue weighted by atomic mass is 9.78. The number of phenols is 2. The Balaban J connectivity index is 1.89. The van der Waals surface area contributed by atoms with Crippen LogP contribution in [0.4, 0.5) is 5.69 Å². The van der Waals surface area contributed by atoms with Gasteiger partial charge in [-0.2, -0.15) is 5.10 Å². The van der Waals surface area contributed by atoms with Crippen molar-refractivity contribution >= 4 is 40.3 Å². The van der Waals surface area contributed by atoms with Crippen LogP contribution in [0.2, 0.25) is 0 Å². The molecule has 1 amide bonds. The molecule has 0 saturated heterocycles. The lowest BCUT2D eigenvalue weighted by Crippen LogP contribution is -2.46. The molecule has 14 nitrogen and oxygen atoms in total. The Morgan fingerprint density at radius 1 is 0.868 bits per heavy atom. The molecular weight excluding hydrogens is 867 g/mol. The van der Waals surface area contributed by atoms with Gasteiger partial charge in [0.05, 0.1) is 47.4 Å². The smallest absolute Gasteiger partial charge is 0.312 e. The van der Waals surface area contributed by atoms with Crippen LogP contribution in [0, 0.1) is 30.6 Å². The number of hydrogen-bond donors (Lipinski definition) is 5. The molecule has 9 atom stereocenters. The maximum absolute atomic E-state index is 14.6. The van der Waals surface area contributed by atoms with E-state index in [9.17, 15) is 34.8 Å². The van der Waals surface area contributed by atoms with E-state index < -0.39 is 77.3 Å². The Kier molecular flexibility index (Phi) is 21.4. The number of rotatable bonds is 18. The summed E-state index contributed by atoms with van der Waals surface area (Å²) in [6.45, 7) is 18.8. The van der Waals surface area contributed by atoms with Crippen molar-refractivity contribution in [3.63, 3.8) is 0 Å². The van der Waals surface area contributed by atoms with Gasteiger partial charge in [0.1, 0.15) is 17.6 Å². The van der Waals surface area contributed by atoms with E-state index in [1.165, 1.54) is 65.7 Å². The molecule has 2 aromatic rings. The van der Waals surface area contributed by atoms with Gasteiger partial charge in [-0.1, -0.05) is 124 Å². The number of hydrazone groups is 1. The Hall–Kier alpha value is -4.92. The summed E-state index contributed by atoms with van der Waals surface area (Å²) >= 11 is 0. The first-order valence-electron chi connectivity index (χ1n) is 25.0. The van der Waals surface area contributed by atoms with Crippen molar-refractivity contribution in [3.8, 4) is 17.2 Å². The fraction of sp³-hybridized carbons (Fsp3) is 0.630. The van der Waals surface area contributed by atoms with Crippen LogP contribution in [0.3, 0.4) is 0 Å². The van der Waals surface area contributed by atoms with Gasteiger partial charge >= 0.3 is 11.8 Å². The number of allylic oxidation sites excluding steroid dienone is 2. The van der Waals surface area contributed by atoms with Crippen LogP contribution in [0.5, 0.6) is 17.2 Å². The first-order chi connectivity index (χ1) is 32.3. The maximum Gasteiger partial charge on any atom is 0.312 e. The van der Waals surface area contributed by atoms with E-state index in [1.54, 1.807) is 78.1 Å². The zero-order valence-electron chi connectivity index (χ0n) is 42.6. The average Bonchev–Trinajstić information content (AvgIpc) is 3.58. The van der Waals surface area contributed by atoms with Crippen LogP contribution in [-0.2, 0) is 23.8 Å². The van der Waals surface area contributed by atoms with Crippen LogP contribution < -0.4 is 10.1 Å². The molecule has 0 aliphatic carbocycles. The van der Waals surface area contributed by atoms with E-state index in [0.717, 1.165) is 51.6 Å². The second-order valence-electron chi connectivity index (χ2n) is 19.2. The number of unbranched alkanes of at least 4 members (excludes halogenated alkanes) is 10. The van der Waals surface area contributed by atoms with Gasteiger partial charge in [-0.05, 0) is 38.8 Å². The number of nitrogens with one attached hydrogen (secondary N) is 1. The van der Waals surface area contributed by atoms with E-state index in [-0.39, 0.29) is 44.7 Å². The topological polar surface area (TPSA) is 197 Å². The molecule has 9 unspecified atom stereocenters. The number of methoxy groups -OCH3 is 1. The van der Waals surface area contributed by atoms with Crippen LogP contribution >= 0.6 is 0 Å². The second kappa shape index (κ2) is 26.2. The average molecular weight is 948 g/mol. The SMILES string of the molecule is CCCCCCCCN(CCCCCCCC)/N=C/c1cc2c3c4c(C)c(O)c2c(O)c1NC(=O)/C(C)=C\C=C\C(C)C(O)C(C)C(O)C(C)C(OC(C)=O)C(C)C(OC)/C=C/OC(C)(O4)C3=O. The number of ether oxygens (including phenoxy) is 4. The third kappa shape index (κ3) is 13.9. The number of carbonyl (C=O) groups excluding carboxylic acids is 3. The highest BCUT2D eigenvalue weighted by Gasteiger charge is 2.49. The minimum atomic E-state index is -1.93. The van der Waals surface area contributed by atoms with Gasteiger partial charge in [-0.15, -0.1) is 0 Å². The number of amides is 1. The molecule has 2 aromatic carbocycles. The molecular formula is C54H81N3O11. The van der Waals surface area contributed by atoms with Gasteiger partial charge in [-0.3, -0.25) is 19.4 Å². The molecule has 0 spiro atoms. The van der Waals surface area contributed by atoms with E-state index >= 15 is 0 Å². The Morgan fingerprint density at radius 3 is 2.06 bits per heavy atom. The molecule has 3 heterocycles. The van der Waals surface area contributed by atoms with Gasteiger partial charge in [0.15, 0.2) is 5.75 Å². The summed E-state index contributed by atoms with van der Waals surface area (Å²) in [4.78, 5) is 41.1. The number of anilines is 1. The maximum atomic E-state index is 14.6. The minimum Gasteiger partial charge on any atom is -0.507 e. The number of nitrogens with zero attached hydrogens (tertiary/aromatic N) is 2. The number of Topliss-reactive ketones (excluding diaryl/α,β-unsaturated/α-hetero) is 1. The molecule has 378 valence electrons. The van der Waals surface area contributed by atoms with Gasteiger partial charge in [-0.25, -0.2) is 0 Å². The molecule has 5 N–H and O–H groups in total. The minimum absolute atomic E-state index is 0.00742. The van der Waals surface area contributed by atoms with Crippen LogP contribution in [0.15, 0.2) is 47.3 Å². The van der Waals surface area contributed by atoms with Crippen molar-refractivity contribution in [1.29, 1.82) is 0 Å². The van der Waals surface area contributed by atoms with Gasteiger partial charge in [0, 0.05) is 79.8 Å². The van der Waals surface area contributed by atoms with Crippen molar-refractivity contribution in [2.75, 3.05) is 25.5 Å². The predicted molar refractivity (Wildman–Crippen MR) is 268 cm³/mol. The number of benzene rings is 2. The lowest BCUT2D eigenvalue weighted by Gasteiger charge is -2.38. The number of aromatic hydroxyl groups is 2. The van der Waals surface area contributed by atoms with Crippen molar-refractivity contribution in [2.45, 2.75) is 176 Å². The lowest BCUT2D eigenvalue weighted by molar-refractivity contribution is -0.160. The normalized spacial score (nSPS) is 27.7. The third-order valence-corrected chi connectivity index (χ3v) is 13.8. The van der Waals surface area contributed by atoms with Crippen molar-refractivity contribution in [2.24, 2.45) is 28.8 Å². The fourth-order valence-corrected chi connectivity index (χ4v) is 9.30. The fourth-order valence-electron chi connectivity index (χ4n) is 9.30. The highest BCUT2D eigenvalue weighted by molar-refractivity contribution is 6.21. The van der Waals surface area contributed by atoms with E-state index in [0.29, 0.717) is 5.56 Å². The zero-order valence-corrected chi connectivity index (χ0v) is 42.6. The molecule has 0 saturated carbocycles. The number of esters is 1.